The van der Waals surface area contributed by atoms with Gasteiger partial charge in [-0.05, 0) is 18.6 Å². The molecule has 2 rings (SSSR count). The van der Waals surface area contributed by atoms with Gasteiger partial charge in [0.15, 0.2) is 10.3 Å². The lowest BCUT2D eigenvalue weighted by atomic mass is 10.1. The van der Waals surface area contributed by atoms with Gasteiger partial charge in [-0.2, -0.15) is 0 Å². The monoisotopic (exact) mass is 315 g/mol. The van der Waals surface area contributed by atoms with Crippen LogP contribution in [0.4, 0.5) is 5.69 Å². The number of aryl methyl sites for hydroxylation is 1. The van der Waals surface area contributed by atoms with Crippen LogP contribution in [-0.4, -0.2) is 15.9 Å². The van der Waals surface area contributed by atoms with Gasteiger partial charge in [-0.15, -0.1) is 0 Å². The highest BCUT2D eigenvalue weighted by Gasteiger charge is 2.16. The maximum Gasteiger partial charge on any atom is 0.257 e. The van der Waals surface area contributed by atoms with Crippen molar-refractivity contribution in [1.82, 2.24) is 9.97 Å². The first kappa shape index (κ1) is 14.1. The van der Waals surface area contributed by atoms with Gasteiger partial charge < -0.3 is 5.32 Å². The maximum atomic E-state index is 12.1. The van der Waals surface area contributed by atoms with Crippen LogP contribution in [0.2, 0.25) is 15.3 Å². The van der Waals surface area contributed by atoms with Crippen LogP contribution in [0.25, 0.3) is 0 Å². The van der Waals surface area contributed by atoms with Crippen molar-refractivity contribution in [1.29, 1.82) is 0 Å². The standard InChI is InChI=1S/C12H8Cl3N3O/c1-6-3-2-4-7(8(6)13)12(19)18-9-10(14)16-5-17-11(9)15/h2-5H,1H3,(H,18,19). The fourth-order valence-electron chi connectivity index (χ4n) is 1.45. The van der Waals surface area contributed by atoms with Gasteiger partial charge in [-0.25, -0.2) is 9.97 Å². The molecule has 2 aromatic rings. The van der Waals surface area contributed by atoms with E-state index in [1.807, 2.05) is 13.0 Å². The summed E-state index contributed by atoms with van der Waals surface area (Å²) in [4.78, 5) is 19.6. The number of amides is 1. The summed E-state index contributed by atoms with van der Waals surface area (Å²) in [6, 6.07) is 5.15. The largest absolute Gasteiger partial charge is 0.317 e. The number of carbonyl (C=O) groups is 1. The van der Waals surface area contributed by atoms with Gasteiger partial charge >= 0.3 is 0 Å². The summed E-state index contributed by atoms with van der Waals surface area (Å²) in [6.07, 6.45) is 1.21. The predicted molar refractivity (Wildman–Crippen MR) is 76.2 cm³/mol. The molecular formula is C12H8Cl3N3O. The first-order valence-corrected chi connectivity index (χ1v) is 6.36. The number of hydrogen-bond acceptors (Lipinski definition) is 3. The zero-order valence-corrected chi connectivity index (χ0v) is 12.0. The Labute approximate surface area is 124 Å². The quantitative estimate of drug-likeness (QED) is 0.852. The first-order valence-electron chi connectivity index (χ1n) is 5.23. The van der Waals surface area contributed by atoms with E-state index in [0.29, 0.717) is 10.6 Å². The lowest BCUT2D eigenvalue weighted by Gasteiger charge is -2.09. The van der Waals surface area contributed by atoms with Gasteiger partial charge in [0.1, 0.15) is 12.0 Å². The lowest BCUT2D eigenvalue weighted by Crippen LogP contribution is -2.14. The van der Waals surface area contributed by atoms with Crippen LogP contribution in [0, 0.1) is 6.92 Å². The Kier molecular flexibility index (Phi) is 4.24. The third kappa shape index (κ3) is 2.97. The molecule has 0 aliphatic heterocycles. The molecule has 0 bridgehead atoms. The van der Waals surface area contributed by atoms with Crippen molar-refractivity contribution in [3.8, 4) is 0 Å². The molecule has 7 heteroatoms. The van der Waals surface area contributed by atoms with Gasteiger partial charge in [0.25, 0.3) is 5.91 Å². The SMILES string of the molecule is Cc1cccc(C(=O)Nc2c(Cl)ncnc2Cl)c1Cl. The highest BCUT2D eigenvalue weighted by Crippen LogP contribution is 2.27. The molecule has 0 aliphatic carbocycles. The van der Waals surface area contributed by atoms with Crippen LogP contribution in [0.15, 0.2) is 24.5 Å². The van der Waals surface area contributed by atoms with Crippen molar-refractivity contribution < 1.29 is 4.79 Å². The molecule has 0 saturated carbocycles. The lowest BCUT2D eigenvalue weighted by molar-refractivity contribution is 0.102. The van der Waals surface area contributed by atoms with Crippen molar-refractivity contribution in [3.05, 3.63) is 51.0 Å². The van der Waals surface area contributed by atoms with E-state index in [2.05, 4.69) is 15.3 Å². The second-order valence-corrected chi connectivity index (χ2v) is 4.81. The number of nitrogens with zero attached hydrogens (tertiary/aromatic N) is 2. The number of nitrogens with one attached hydrogen (secondary N) is 1. The predicted octanol–water partition coefficient (Wildman–Crippen LogP) is 4.00. The highest BCUT2D eigenvalue weighted by atomic mass is 35.5. The third-order valence-electron chi connectivity index (χ3n) is 2.43. The number of aromatic nitrogens is 2. The molecule has 0 spiro atoms. The minimum atomic E-state index is -0.424. The van der Waals surface area contributed by atoms with Gasteiger partial charge in [0, 0.05) is 0 Å². The Hall–Kier alpha value is -1.36. The van der Waals surface area contributed by atoms with Crippen molar-refractivity contribution in [2.75, 3.05) is 5.32 Å². The van der Waals surface area contributed by atoms with Crippen LogP contribution in [-0.2, 0) is 0 Å². The average Bonchev–Trinajstić information content (AvgIpc) is 2.37. The van der Waals surface area contributed by atoms with Gasteiger partial charge in [-0.1, -0.05) is 46.9 Å². The van der Waals surface area contributed by atoms with Crippen LogP contribution < -0.4 is 5.32 Å². The number of hydrogen-bond donors (Lipinski definition) is 1. The molecule has 1 N–H and O–H groups in total. The number of rotatable bonds is 2. The molecule has 0 saturated heterocycles. The molecule has 0 unspecified atom stereocenters. The van der Waals surface area contributed by atoms with Crippen LogP contribution in [0.3, 0.4) is 0 Å². The number of benzene rings is 1. The van der Waals surface area contributed by atoms with E-state index >= 15 is 0 Å². The fraction of sp³-hybridized carbons (Fsp3) is 0.0833. The van der Waals surface area contributed by atoms with Gasteiger partial charge in [0.05, 0.1) is 10.6 Å². The fourth-order valence-corrected chi connectivity index (χ4v) is 2.07. The summed E-state index contributed by atoms with van der Waals surface area (Å²) in [5, 5.41) is 3.06. The maximum absolute atomic E-state index is 12.1. The van der Waals surface area contributed by atoms with E-state index in [0.717, 1.165) is 5.56 Å². The Morgan fingerprint density at radius 1 is 1.16 bits per heavy atom. The Morgan fingerprint density at radius 3 is 2.42 bits per heavy atom. The van der Waals surface area contributed by atoms with Crippen LogP contribution in [0.5, 0.6) is 0 Å². The van der Waals surface area contributed by atoms with Crippen molar-refractivity contribution in [2.24, 2.45) is 0 Å². The molecule has 98 valence electrons. The zero-order valence-electron chi connectivity index (χ0n) is 9.75. The Balaban J connectivity index is 2.34. The Bertz CT molecular complexity index is 626. The molecule has 0 radical (unpaired) electrons. The minimum Gasteiger partial charge on any atom is -0.317 e. The molecule has 1 heterocycles. The first-order chi connectivity index (χ1) is 9.00. The molecule has 19 heavy (non-hydrogen) atoms. The molecule has 0 atom stereocenters. The van der Waals surface area contributed by atoms with E-state index < -0.39 is 5.91 Å². The van der Waals surface area contributed by atoms with E-state index in [4.69, 9.17) is 34.8 Å². The second kappa shape index (κ2) is 5.74. The molecule has 0 fully saturated rings. The van der Waals surface area contributed by atoms with Crippen LogP contribution in [0.1, 0.15) is 15.9 Å². The van der Waals surface area contributed by atoms with Crippen molar-refractivity contribution >= 4 is 46.4 Å². The zero-order chi connectivity index (χ0) is 14.0. The number of carbonyl (C=O) groups excluding carboxylic acids is 1. The summed E-state index contributed by atoms with van der Waals surface area (Å²) in [6.45, 7) is 1.81. The summed E-state index contributed by atoms with van der Waals surface area (Å²) < 4.78 is 0. The number of anilines is 1. The van der Waals surface area contributed by atoms with Crippen molar-refractivity contribution in [3.63, 3.8) is 0 Å². The van der Waals surface area contributed by atoms with E-state index in [1.54, 1.807) is 12.1 Å². The van der Waals surface area contributed by atoms with E-state index in [1.165, 1.54) is 6.33 Å². The minimum absolute atomic E-state index is 0.0668. The third-order valence-corrected chi connectivity index (χ3v) is 3.50. The van der Waals surface area contributed by atoms with Gasteiger partial charge in [-0.3, -0.25) is 4.79 Å². The second-order valence-electron chi connectivity index (χ2n) is 3.72. The summed E-state index contributed by atoms with van der Waals surface area (Å²) >= 11 is 17.8. The molecule has 1 aromatic heterocycles. The van der Waals surface area contributed by atoms with Gasteiger partial charge in [0.2, 0.25) is 0 Å². The smallest absolute Gasteiger partial charge is 0.257 e. The van der Waals surface area contributed by atoms with Crippen LogP contribution >= 0.6 is 34.8 Å². The Morgan fingerprint density at radius 2 is 1.79 bits per heavy atom. The molecular weight excluding hydrogens is 309 g/mol. The topological polar surface area (TPSA) is 54.9 Å². The average molecular weight is 317 g/mol. The molecule has 4 nitrogen and oxygen atoms in total. The van der Waals surface area contributed by atoms with E-state index in [9.17, 15) is 4.79 Å². The highest BCUT2D eigenvalue weighted by molar-refractivity contribution is 6.39. The summed E-state index contributed by atoms with van der Waals surface area (Å²) in [5.41, 5.74) is 1.29. The summed E-state index contributed by atoms with van der Waals surface area (Å²) in [5.74, 6) is -0.424. The normalized spacial score (nSPS) is 10.3. The van der Waals surface area contributed by atoms with Crippen molar-refractivity contribution in [2.45, 2.75) is 6.92 Å². The molecule has 0 aliphatic rings. The molecule has 1 amide bonds. The number of halogens is 3. The molecule has 1 aromatic carbocycles. The summed E-state index contributed by atoms with van der Waals surface area (Å²) in [7, 11) is 0. The van der Waals surface area contributed by atoms with E-state index in [-0.39, 0.29) is 16.0 Å².